The van der Waals surface area contributed by atoms with Crippen LogP contribution in [0.2, 0.25) is 0 Å². The summed E-state index contributed by atoms with van der Waals surface area (Å²) in [6.45, 7) is 12.3. The first kappa shape index (κ1) is 25.9. The highest BCUT2D eigenvalue weighted by atomic mass is 16.5. The molecule has 1 aromatic rings. The third kappa shape index (κ3) is 7.07. The van der Waals surface area contributed by atoms with Gasteiger partial charge in [0, 0.05) is 43.9 Å². The summed E-state index contributed by atoms with van der Waals surface area (Å²) in [5.41, 5.74) is 2.60. The van der Waals surface area contributed by atoms with Crippen LogP contribution in [-0.2, 0) is 20.9 Å². The van der Waals surface area contributed by atoms with Gasteiger partial charge in [0.05, 0.1) is 18.2 Å². The van der Waals surface area contributed by atoms with Crippen LogP contribution in [0.1, 0.15) is 59.4 Å². The molecular formula is C25H39N3O4. The molecule has 1 aromatic carbocycles. The second-order valence-corrected chi connectivity index (χ2v) is 8.29. The van der Waals surface area contributed by atoms with Gasteiger partial charge in [0.2, 0.25) is 5.91 Å². The molecule has 3 N–H and O–H groups in total. The summed E-state index contributed by atoms with van der Waals surface area (Å²) in [4.78, 5) is 26.0. The molecule has 3 atom stereocenters. The Morgan fingerprint density at radius 2 is 1.75 bits per heavy atom. The summed E-state index contributed by atoms with van der Waals surface area (Å²) < 4.78 is 6.23. The standard InChI is InChI=1S/C25H39N3O4/c1-6-21(7-2)32-23-15-19(25(30)31)14-22(24(23)27-17(5)29)26-16-18-10-12-20(13-11-18)28(8-3)9-4/h10-13,15,21-24,26H,6-9,14,16H2,1-5H3,(H,27,29)(H,30,31)/t22-,23+,24+/m0/s1. The zero-order valence-corrected chi connectivity index (χ0v) is 20.1. The summed E-state index contributed by atoms with van der Waals surface area (Å²) >= 11 is 0. The number of carboxylic acid groups (broad SMARTS) is 1. The molecule has 1 aliphatic rings. The Morgan fingerprint density at radius 3 is 2.25 bits per heavy atom. The van der Waals surface area contributed by atoms with Crippen molar-refractivity contribution in [2.24, 2.45) is 0 Å². The van der Waals surface area contributed by atoms with Gasteiger partial charge in [0.25, 0.3) is 0 Å². The van der Waals surface area contributed by atoms with Gasteiger partial charge in [0.1, 0.15) is 0 Å². The molecule has 7 heteroatoms. The lowest BCUT2D eigenvalue weighted by Gasteiger charge is -2.38. The van der Waals surface area contributed by atoms with Crippen LogP contribution >= 0.6 is 0 Å². The number of nitrogens with zero attached hydrogens (tertiary/aromatic N) is 1. The maximum atomic E-state index is 11.9. The molecule has 0 saturated carbocycles. The van der Waals surface area contributed by atoms with Gasteiger partial charge >= 0.3 is 5.97 Å². The van der Waals surface area contributed by atoms with Crippen LogP contribution in [0.5, 0.6) is 0 Å². The zero-order chi connectivity index (χ0) is 23.7. The van der Waals surface area contributed by atoms with Crippen molar-refractivity contribution in [3.05, 3.63) is 41.5 Å². The number of hydrogen-bond donors (Lipinski definition) is 3. The molecule has 0 unspecified atom stereocenters. The number of hydrogen-bond acceptors (Lipinski definition) is 5. The molecule has 178 valence electrons. The van der Waals surface area contributed by atoms with E-state index in [9.17, 15) is 14.7 Å². The lowest BCUT2D eigenvalue weighted by atomic mass is 9.87. The van der Waals surface area contributed by atoms with Crippen LogP contribution in [0.15, 0.2) is 35.9 Å². The molecule has 2 rings (SSSR count). The number of aliphatic carboxylic acids is 1. The van der Waals surface area contributed by atoms with Crippen molar-refractivity contribution in [3.8, 4) is 0 Å². The first-order valence-corrected chi connectivity index (χ1v) is 11.8. The second-order valence-electron chi connectivity index (χ2n) is 8.29. The van der Waals surface area contributed by atoms with Gasteiger partial charge in [-0.2, -0.15) is 0 Å². The number of anilines is 1. The van der Waals surface area contributed by atoms with E-state index in [0.29, 0.717) is 18.5 Å². The van der Waals surface area contributed by atoms with Crippen molar-refractivity contribution in [3.63, 3.8) is 0 Å². The summed E-state index contributed by atoms with van der Waals surface area (Å²) in [6, 6.07) is 7.80. The van der Waals surface area contributed by atoms with Crippen LogP contribution in [0, 0.1) is 0 Å². The molecule has 0 spiro atoms. The number of ether oxygens (including phenoxy) is 1. The molecular weight excluding hydrogens is 406 g/mol. The number of benzene rings is 1. The molecule has 0 fully saturated rings. The monoisotopic (exact) mass is 445 g/mol. The molecule has 0 bridgehead atoms. The summed E-state index contributed by atoms with van der Waals surface area (Å²) in [5, 5.41) is 16.1. The van der Waals surface area contributed by atoms with Crippen molar-refractivity contribution < 1.29 is 19.4 Å². The zero-order valence-electron chi connectivity index (χ0n) is 20.1. The first-order chi connectivity index (χ1) is 15.3. The highest BCUT2D eigenvalue weighted by molar-refractivity contribution is 5.87. The minimum atomic E-state index is -0.945. The predicted molar refractivity (Wildman–Crippen MR) is 128 cm³/mol. The van der Waals surface area contributed by atoms with Crippen molar-refractivity contribution in [2.75, 3.05) is 18.0 Å². The van der Waals surface area contributed by atoms with Crippen LogP contribution in [0.4, 0.5) is 5.69 Å². The van der Waals surface area contributed by atoms with Gasteiger partial charge in [-0.3, -0.25) is 4.79 Å². The minimum absolute atomic E-state index is 0.00826. The molecule has 0 heterocycles. The molecule has 1 amide bonds. The van der Waals surface area contributed by atoms with E-state index in [-0.39, 0.29) is 24.1 Å². The van der Waals surface area contributed by atoms with E-state index in [1.807, 2.05) is 13.8 Å². The number of carbonyl (C=O) groups excluding carboxylic acids is 1. The molecule has 32 heavy (non-hydrogen) atoms. The average molecular weight is 446 g/mol. The molecule has 0 aliphatic heterocycles. The maximum Gasteiger partial charge on any atom is 0.331 e. The van der Waals surface area contributed by atoms with E-state index in [0.717, 1.165) is 31.5 Å². The second kappa shape index (κ2) is 12.6. The number of carboxylic acids is 1. The molecule has 0 saturated heterocycles. The van der Waals surface area contributed by atoms with Gasteiger partial charge < -0.3 is 25.4 Å². The van der Waals surface area contributed by atoms with E-state index in [1.165, 1.54) is 12.6 Å². The van der Waals surface area contributed by atoms with E-state index < -0.39 is 12.1 Å². The molecule has 7 nitrogen and oxygen atoms in total. The third-order valence-corrected chi connectivity index (χ3v) is 6.13. The Kier molecular flexibility index (Phi) is 10.2. The Labute approximate surface area is 192 Å². The van der Waals surface area contributed by atoms with E-state index >= 15 is 0 Å². The van der Waals surface area contributed by atoms with Gasteiger partial charge in [-0.25, -0.2) is 4.79 Å². The maximum absolute atomic E-state index is 11.9. The van der Waals surface area contributed by atoms with E-state index in [1.54, 1.807) is 6.08 Å². The Bertz CT molecular complexity index is 770. The van der Waals surface area contributed by atoms with Gasteiger partial charge in [-0.1, -0.05) is 26.0 Å². The van der Waals surface area contributed by atoms with Crippen LogP contribution < -0.4 is 15.5 Å². The lowest BCUT2D eigenvalue weighted by Crippen LogP contribution is -2.58. The number of rotatable bonds is 12. The molecule has 0 aromatic heterocycles. The van der Waals surface area contributed by atoms with E-state index in [2.05, 4.69) is 53.6 Å². The van der Waals surface area contributed by atoms with Gasteiger partial charge in [-0.15, -0.1) is 0 Å². The largest absolute Gasteiger partial charge is 0.478 e. The fraction of sp³-hybridized carbons (Fsp3) is 0.600. The van der Waals surface area contributed by atoms with Gasteiger partial charge in [0.15, 0.2) is 0 Å². The number of nitrogens with one attached hydrogen (secondary N) is 2. The van der Waals surface area contributed by atoms with Crippen molar-refractivity contribution in [1.82, 2.24) is 10.6 Å². The third-order valence-electron chi connectivity index (χ3n) is 6.13. The highest BCUT2D eigenvalue weighted by Gasteiger charge is 2.37. The predicted octanol–water partition coefficient (Wildman–Crippen LogP) is 3.48. The SMILES string of the molecule is CCC(CC)O[C@@H]1C=C(C(=O)O)C[C@H](NCc2ccc(N(CC)CC)cc2)[C@H]1NC(C)=O. The average Bonchev–Trinajstić information content (AvgIpc) is 2.78. The Balaban J connectivity index is 2.20. The Morgan fingerprint density at radius 1 is 1.12 bits per heavy atom. The minimum Gasteiger partial charge on any atom is -0.478 e. The normalized spacial score (nSPS) is 20.7. The van der Waals surface area contributed by atoms with E-state index in [4.69, 9.17) is 4.74 Å². The Hall–Kier alpha value is -2.38. The summed E-state index contributed by atoms with van der Waals surface area (Å²) in [7, 11) is 0. The summed E-state index contributed by atoms with van der Waals surface area (Å²) in [6.07, 6.45) is 3.15. The van der Waals surface area contributed by atoms with Crippen molar-refractivity contribution in [2.45, 2.75) is 84.7 Å². The van der Waals surface area contributed by atoms with Gasteiger partial charge in [-0.05, 0) is 56.9 Å². The molecule has 1 aliphatic carbocycles. The van der Waals surface area contributed by atoms with Crippen molar-refractivity contribution >= 4 is 17.6 Å². The summed E-state index contributed by atoms with van der Waals surface area (Å²) in [5.74, 6) is -1.10. The fourth-order valence-corrected chi connectivity index (χ4v) is 4.23. The number of carbonyl (C=O) groups is 2. The smallest absolute Gasteiger partial charge is 0.331 e. The molecule has 0 radical (unpaired) electrons. The van der Waals surface area contributed by atoms with Crippen LogP contribution in [0.3, 0.4) is 0 Å². The highest BCUT2D eigenvalue weighted by Crippen LogP contribution is 2.25. The van der Waals surface area contributed by atoms with Crippen molar-refractivity contribution in [1.29, 1.82) is 0 Å². The van der Waals surface area contributed by atoms with Crippen LogP contribution in [-0.4, -0.2) is 54.4 Å². The first-order valence-electron chi connectivity index (χ1n) is 11.8. The fourth-order valence-electron chi connectivity index (χ4n) is 4.23. The topological polar surface area (TPSA) is 90.9 Å². The number of amides is 1. The van der Waals surface area contributed by atoms with Crippen LogP contribution in [0.25, 0.3) is 0 Å². The lowest BCUT2D eigenvalue weighted by molar-refractivity contribution is -0.133. The quantitative estimate of drug-likeness (QED) is 0.456.